The average molecular weight is 451 g/mol. The van der Waals surface area contributed by atoms with E-state index < -0.39 is 0 Å². The maximum Gasteiger partial charge on any atom is 0.113 e. The fourth-order valence-electron chi connectivity index (χ4n) is 4.52. The van der Waals surface area contributed by atoms with Gasteiger partial charge in [0.1, 0.15) is 5.69 Å². The number of allylic oxidation sites excluding steroid dienone is 1. The molecule has 0 saturated heterocycles. The van der Waals surface area contributed by atoms with Crippen molar-refractivity contribution in [1.82, 2.24) is 9.55 Å². The molecule has 33 heavy (non-hydrogen) atoms. The summed E-state index contributed by atoms with van der Waals surface area (Å²) in [7, 11) is 0. The number of halogens is 1. The molecule has 2 aromatic carbocycles. The van der Waals surface area contributed by atoms with E-state index in [0.717, 1.165) is 52.2 Å². The van der Waals surface area contributed by atoms with Crippen molar-refractivity contribution < 1.29 is 0 Å². The van der Waals surface area contributed by atoms with Gasteiger partial charge in [-0.15, -0.1) is 6.58 Å². The molecule has 1 aliphatic carbocycles. The Morgan fingerprint density at radius 2 is 1.85 bits per heavy atom. The smallest absolute Gasteiger partial charge is 0.113 e. The molecule has 1 aliphatic rings. The number of aromatic nitrogens is 2. The summed E-state index contributed by atoms with van der Waals surface area (Å²) in [6, 6.07) is 20.4. The van der Waals surface area contributed by atoms with Gasteiger partial charge in [0, 0.05) is 46.0 Å². The van der Waals surface area contributed by atoms with Crippen LogP contribution in [-0.4, -0.2) is 9.55 Å². The zero-order valence-electron chi connectivity index (χ0n) is 18.7. The van der Waals surface area contributed by atoms with Crippen LogP contribution in [0.25, 0.3) is 22.0 Å². The first-order valence-corrected chi connectivity index (χ1v) is 12.0. The van der Waals surface area contributed by atoms with Crippen LogP contribution in [0.3, 0.4) is 0 Å². The second-order valence-electron chi connectivity index (χ2n) is 8.88. The number of benzene rings is 2. The van der Waals surface area contributed by atoms with Crippen LogP contribution in [0.2, 0.25) is 5.02 Å². The number of nitrogens with zero attached hydrogens (tertiary/aromatic N) is 2. The SMILES string of the molecule is C=CCC(CCn1ccc2cc(C#Cc3ccc(-c4ccc(Cl)cc4)cn3)ccc21)C1CC1. The number of rotatable bonds is 7. The van der Waals surface area contributed by atoms with E-state index in [1.165, 1.54) is 30.2 Å². The minimum absolute atomic E-state index is 0.733. The van der Waals surface area contributed by atoms with Crippen LogP contribution in [0.4, 0.5) is 0 Å². The van der Waals surface area contributed by atoms with Gasteiger partial charge in [0.25, 0.3) is 0 Å². The molecule has 1 unspecified atom stereocenters. The summed E-state index contributed by atoms with van der Waals surface area (Å²) in [6.45, 7) is 5.01. The molecule has 1 fully saturated rings. The number of fused-ring (bicyclic) bond motifs is 1. The lowest BCUT2D eigenvalue weighted by Crippen LogP contribution is -2.07. The Morgan fingerprint density at radius 3 is 2.58 bits per heavy atom. The van der Waals surface area contributed by atoms with Gasteiger partial charge < -0.3 is 4.57 Å². The van der Waals surface area contributed by atoms with Crippen LogP contribution in [0, 0.1) is 23.7 Å². The molecule has 5 rings (SSSR count). The van der Waals surface area contributed by atoms with Crippen molar-refractivity contribution in [2.75, 3.05) is 0 Å². The van der Waals surface area contributed by atoms with Crippen molar-refractivity contribution in [3.63, 3.8) is 0 Å². The molecule has 0 radical (unpaired) electrons. The van der Waals surface area contributed by atoms with E-state index in [1.54, 1.807) is 0 Å². The third kappa shape index (κ3) is 5.21. The van der Waals surface area contributed by atoms with Crippen molar-refractivity contribution in [2.24, 2.45) is 11.8 Å². The zero-order chi connectivity index (χ0) is 22.6. The predicted molar refractivity (Wildman–Crippen MR) is 138 cm³/mol. The molecule has 1 saturated carbocycles. The van der Waals surface area contributed by atoms with Crippen molar-refractivity contribution in [2.45, 2.75) is 32.2 Å². The third-order valence-corrected chi connectivity index (χ3v) is 6.80. The summed E-state index contributed by atoms with van der Waals surface area (Å²) >= 11 is 5.98. The van der Waals surface area contributed by atoms with Crippen molar-refractivity contribution in [1.29, 1.82) is 0 Å². The highest BCUT2D eigenvalue weighted by Gasteiger charge is 2.29. The highest BCUT2D eigenvalue weighted by atomic mass is 35.5. The molecular formula is C30H27ClN2. The number of hydrogen-bond donors (Lipinski definition) is 0. The molecule has 0 bridgehead atoms. The maximum absolute atomic E-state index is 5.98. The summed E-state index contributed by atoms with van der Waals surface area (Å²) in [5.41, 5.74) is 5.19. The van der Waals surface area contributed by atoms with Gasteiger partial charge in [0.2, 0.25) is 0 Å². The van der Waals surface area contributed by atoms with Crippen molar-refractivity contribution >= 4 is 22.5 Å². The Balaban J connectivity index is 1.27. The first-order valence-electron chi connectivity index (χ1n) is 11.6. The van der Waals surface area contributed by atoms with Gasteiger partial charge in [0.15, 0.2) is 0 Å². The summed E-state index contributed by atoms with van der Waals surface area (Å²) in [5, 5.41) is 1.97. The Kier molecular flexibility index (Phi) is 6.33. The zero-order valence-corrected chi connectivity index (χ0v) is 19.4. The molecular weight excluding hydrogens is 424 g/mol. The standard InChI is InChI=1S/C30H27ClN2/c1-2-3-23(24-6-7-24)16-18-33-19-17-26-20-22(5-15-30(26)33)4-13-29-14-10-27(21-32-29)25-8-11-28(31)12-9-25/h2,5,8-12,14-15,17,19-21,23-24H,1,3,6-7,16,18H2. The molecule has 0 aliphatic heterocycles. The lowest BCUT2D eigenvalue weighted by atomic mass is 9.96. The second-order valence-corrected chi connectivity index (χ2v) is 9.32. The first kappa shape index (κ1) is 21.6. The molecule has 0 spiro atoms. The van der Waals surface area contributed by atoms with Gasteiger partial charge in [-0.3, -0.25) is 0 Å². The minimum Gasteiger partial charge on any atom is -0.347 e. The highest BCUT2D eigenvalue weighted by molar-refractivity contribution is 6.30. The summed E-state index contributed by atoms with van der Waals surface area (Å²) < 4.78 is 2.38. The van der Waals surface area contributed by atoms with E-state index in [0.29, 0.717) is 0 Å². The van der Waals surface area contributed by atoms with Crippen molar-refractivity contribution in [3.05, 3.63) is 102 Å². The lowest BCUT2D eigenvalue weighted by Gasteiger charge is -2.15. The van der Waals surface area contributed by atoms with Crippen LogP contribution in [-0.2, 0) is 6.54 Å². The van der Waals surface area contributed by atoms with E-state index in [1.807, 2.05) is 42.6 Å². The second kappa shape index (κ2) is 9.69. The average Bonchev–Trinajstić information content (AvgIpc) is 3.61. The van der Waals surface area contributed by atoms with E-state index >= 15 is 0 Å². The molecule has 2 nitrogen and oxygen atoms in total. The lowest BCUT2D eigenvalue weighted by molar-refractivity contribution is 0.406. The fourth-order valence-corrected chi connectivity index (χ4v) is 4.65. The van der Waals surface area contributed by atoms with Crippen LogP contribution in [0.15, 0.2) is 85.7 Å². The van der Waals surface area contributed by atoms with Gasteiger partial charge in [-0.05, 0) is 91.5 Å². The Morgan fingerprint density at radius 1 is 1.03 bits per heavy atom. The number of pyridine rings is 1. The summed E-state index contributed by atoms with van der Waals surface area (Å²) in [4.78, 5) is 4.52. The van der Waals surface area contributed by atoms with E-state index in [-0.39, 0.29) is 0 Å². The van der Waals surface area contributed by atoms with Crippen LogP contribution < -0.4 is 0 Å². The Hall–Kier alpha value is -3.28. The minimum atomic E-state index is 0.733. The first-order chi connectivity index (χ1) is 16.2. The van der Waals surface area contributed by atoms with E-state index in [9.17, 15) is 0 Å². The molecule has 164 valence electrons. The van der Waals surface area contributed by atoms with E-state index in [4.69, 9.17) is 11.6 Å². The van der Waals surface area contributed by atoms with Crippen molar-refractivity contribution in [3.8, 4) is 23.0 Å². The van der Waals surface area contributed by atoms with Crippen LogP contribution >= 0.6 is 11.6 Å². The molecule has 0 N–H and O–H groups in total. The van der Waals surface area contributed by atoms with Crippen LogP contribution in [0.5, 0.6) is 0 Å². The number of hydrogen-bond acceptors (Lipinski definition) is 1. The largest absolute Gasteiger partial charge is 0.347 e. The van der Waals surface area contributed by atoms with Gasteiger partial charge in [-0.2, -0.15) is 0 Å². The molecule has 1 atom stereocenters. The summed E-state index contributed by atoms with van der Waals surface area (Å²) in [5.74, 6) is 8.16. The van der Waals surface area contributed by atoms with Gasteiger partial charge in [-0.25, -0.2) is 4.98 Å². The molecule has 2 aromatic heterocycles. The van der Waals surface area contributed by atoms with Crippen LogP contribution in [0.1, 0.15) is 36.9 Å². The normalized spacial score (nSPS) is 14.0. The summed E-state index contributed by atoms with van der Waals surface area (Å²) in [6.07, 6.45) is 11.3. The molecule has 2 heterocycles. The third-order valence-electron chi connectivity index (χ3n) is 6.55. The van der Waals surface area contributed by atoms with Gasteiger partial charge in [0.05, 0.1) is 0 Å². The Bertz CT molecular complexity index is 1320. The molecule has 4 aromatic rings. The van der Waals surface area contributed by atoms with Gasteiger partial charge >= 0.3 is 0 Å². The Labute approximate surface area is 200 Å². The maximum atomic E-state index is 5.98. The monoisotopic (exact) mass is 450 g/mol. The quantitative estimate of drug-likeness (QED) is 0.208. The topological polar surface area (TPSA) is 17.8 Å². The fraction of sp³-hybridized carbons (Fsp3) is 0.233. The molecule has 0 amide bonds. The van der Waals surface area contributed by atoms with Gasteiger partial charge in [-0.1, -0.05) is 41.8 Å². The predicted octanol–water partition coefficient (Wildman–Crippen LogP) is 7.75. The van der Waals surface area contributed by atoms with E-state index in [2.05, 4.69) is 64.5 Å². The number of aryl methyl sites for hydroxylation is 1. The highest BCUT2D eigenvalue weighted by Crippen LogP contribution is 2.40. The molecule has 3 heteroatoms.